The number of hydrogen-bond donors (Lipinski definition) is 0. The first kappa shape index (κ1) is 30.2. The van der Waals surface area contributed by atoms with Crippen molar-refractivity contribution < 1.29 is 9.53 Å². The summed E-state index contributed by atoms with van der Waals surface area (Å²) in [5.41, 5.74) is 3.70. The fraction of sp³-hybridized carbons (Fsp3) is 0.310. The number of nitrogens with zero attached hydrogens (tertiary/aromatic N) is 1. The topological polar surface area (TPSA) is 39.2 Å². The number of carbonyl (C=O) groups is 1. The molecule has 0 amide bonds. The van der Waals surface area contributed by atoms with Gasteiger partial charge in [0.25, 0.3) is 0 Å². The molecule has 4 heteroatoms. The average molecular weight is 466 g/mol. The third kappa shape index (κ3) is 11.5. The van der Waals surface area contributed by atoms with E-state index in [1.54, 1.807) is 18.7 Å². The van der Waals surface area contributed by atoms with Crippen molar-refractivity contribution in [3.05, 3.63) is 96.3 Å². The largest absolute Gasteiger partial charge is 0.483 e. The summed E-state index contributed by atoms with van der Waals surface area (Å²) in [6, 6.07) is 19.7. The lowest BCUT2D eigenvalue weighted by atomic mass is 10.1. The predicted molar refractivity (Wildman–Crippen MR) is 145 cm³/mol. The number of benzene rings is 2. The molecular weight excluding hydrogens is 426 g/mol. The Morgan fingerprint density at radius 2 is 1.48 bits per heavy atom. The molecule has 178 valence electrons. The van der Waals surface area contributed by atoms with Gasteiger partial charge in [-0.15, -0.1) is 0 Å². The maximum atomic E-state index is 10.8. The third-order valence-electron chi connectivity index (χ3n) is 4.30. The number of aryl methyl sites for hydroxylation is 2. The summed E-state index contributed by atoms with van der Waals surface area (Å²) in [6.45, 7) is 19.6. The van der Waals surface area contributed by atoms with Crippen molar-refractivity contribution >= 4 is 22.5 Å². The normalized spacial score (nSPS) is 10.1. The van der Waals surface area contributed by atoms with Crippen LogP contribution in [0.4, 0.5) is 0 Å². The number of ether oxygens (including phenoxy) is 1. The third-order valence-corrected chi connectivity index (χ3v) is 5.41. The zero-order valence-corrected chi connectivity index (χ0v) is 22.2. The van der Waals surface area contributed by atoms with Crippen LogP contribution in [-0.4, -0.2) is 16.9 Å². The van der Waals surface area contributed by atoms with Crippen molar-refractivity contribution in [2.24, 2.45) is 0 Å². The summed E-state index contributed by atoms with van der Waals surface area (Å²) >= 11 is 1.68. The number of Topliss-reactive ketones (excluding diaryl/α,β-unsaturated/α-hetero) is 1. The minimum absolute atomic E-state index is 0.0406. The molecule has 3 aromatic rings. The molecule has 1 atom stereocenters. The maximum absolute atomic E-state index is 10.8. The lowest BCUT2D eigenvalue weighted by Gasteiger charge is -2.10. The number of para-hydroxylation sites is 1. The standard InChI is InChI=1S/C15H15NS.C10H12O2.2C2H6/c1-11-6-4-5-7-14(11)13(3)17-15-10-16-9-8-12(15)2;1-8(11)9(2)12-10-6-4-3-5-7-10;2*1-2/h4-10H,3H2,1-2H3;3-7,9H,1-2H3;2*1-2H3. The number of ketones is 1. The Hall–Kier alpha value is -2.85. The molecule has 3 nitrogen and oxygen atoms in total. The minimum atomic E-state index is -0.354. The van der Waals surface area contributed by atoms with Crippen LogP contribution in [0.5, 0.6) is 5.75 Å². The average Bonchev–Trinajstić information content (AvgIpc) is 2.84. The highest BCUT2D eigenvalue weighted by molar-refractivity contribution is 8.08. The summed E-state index contributed by atoms with van der Waals surface area (Å²) < 4.78 is 5.33. The van der Waals surface area contributed by atoms with Crippen LogP contribution in [0.15, 0.2) is 84.5 Å². The van der Waals surface area contributed by atoms with E-state index in [4.69, 9.17) is 4.74 Å². The number of aromatic nitrogens is 1. The van der Waals surface area contributed by atoms with Gasteiger partial charge in [0, 0.05) is 22.2 Å². The van der Waals surface area contributed by atoms with E-state index in [9.17, 15) is 4.79 Å². The Morgan fingerprint density at radius 3 is 2.03 bits per heavy atom. The van der Waals surface area contributed by atoms with Gasteiger partial charge in [0.15, 0.2) is 11.9 Å². The van der Waals surface area contributed by atoms with Crippen molar-refractivity contribution in [1.82, 2.24) is 4.98 Å². The molecular formula is C29H39NO2S. The van der Waals surface area contributed by atoms with Crippen molar-refractivity contribution in [2.45, 2.75) is 66.4 Å². The Labute approximate surface area is 205 Å². The first-order valence-electron chi connectivity index (χ1n) is 11.4. The van der Waals surface area contributed by atoms with Gasteiger partial charge in [-0.2, -0.15) is 0 Å². The Morgan fingerprint density at radius 1 is 0.909 bits per heavy atom. The van der Waals surface area contributed by atoms with Gasteiger partial charge in [0.05, 0.1) is 0 Å². The molecule has 0 bridgehead atoms. The minimum Gasteiger partial charge on any atom is -0.483 e. The van der Waals surface area contributed by atoms with Gasteiger partial charge < -0.3 is 4.74 Å². The molecule has 33 heavy (non-hydrogen) atoms. The van der Waals surface area contributed by atoms with Crippen LogP contribution in [0.25, 0.3) is 4.91 Å². The fourth-order valence-corrected chi connectivity index (χ4v) is 3.36. The number of pyridine rings is 1. The molecule has 0 fully saturated rings. The molecule has 1 heterocycles. The van der Waals surface area contributed by atoms with Crippen LogP contribution in [0, 0.1) is 13.8 Å². The number of hydrogen-bond acceptors (Lipinski definition) is 4. The van der Waals surface area contributed by atoms with Gasteiger partial charge in [-0.25, -0.2) is 0 Å². The van der Waals surface area contributed by atoms with E-state index in [1.165, 1.54) is 28.5 Å². The zero-order valence-electron chi connectivity index (χ0n) is 21.4. The van der Waals surface area contributed by atoms with Crippen molar-refractivity contribution in [3.8, 4) is 5.75 Å². The second-order valence-corrected chi connectivity index (χ2v) is 7.80. The molecule has 0 aliphatic rings. The monoisotopic (exact) mass is 465 g/mol. The summed E-state index contributed by atoms with van der Waals surface area (Å²) in [5.74, 6) is 0.777. The lowest BCUT2D eigenvalue weighted by Crippen LogP contribution is -2.20. The van der Waals surface area contributed by atoms with Gasteiger partial charge in [-0.1, -0.05) is 88.5 Å². The van der Waals surface area contributed by atoms with Gasteiger partial charge in [0.1, 0.15) is 5.75 Å². The van der Waals surface area contributed by atoms with E-state index in [0.29, 0.717) is 0 Å². The van der Waals surface area contributed by atoms with E-state index in [2.05, 4.69) is 37.5 Å². The van der Waals surface area contributed by atoms with Gasteiger partial charge in [0.2, 0.25) is 0 Å². The van der Waals surface area contributed by atoms with Gasteiger partial charge in [-0.3, -0.25) is 9.78 Å². The van der Waals surface area contributed by atoms with Gasteiger partial charge in [-0.05, 0) is 62.6 Å². The molecule has 0 saturated heterocycles. The van der Waals surface area contributed by atoms with Crippen LogP contribution in [0.3, 0.4) is 0 Å². The van der Waals surface area contributed by atoms with Crippen molar-refractivity contribution in [3.63, 3.8) is 0 Å². The molecule has 1 aromatic heterocycles. The lowest BCUT2D eigenvalue weighted by molar-refractivity contribution is -0.122. The molecule has 0 saturated carbocycles. The fourth-order valence-electron chi connectivity index (χ4n) is 2.42. The summed E-state index contributed by atoms with van der Waals surface area (Å²) in [4.78, 5) is 17.2. The Balaban J connectivity index is 0.000000564. The number of carbonyl (C=O) groups excluding carboxylic acids is 1. The highest BCUT2D eigenvalue weighted by Gasteiger charge is 2.08. The van der Waals surface area contributed by atoms with Crippen LogP contribution >= 0.6 is 11.8 Å². The molecule has 0 aliphatic heterocycles. The summed E-state index contributed by atoms with van der Waals surface area (Å²) in [5, 5.41) is 0. The molecule has 3 rings (SSSR count). The maximum Gasteiger partial charge on any atom is 0.169 e. The van der Waals surface area contributed by atoms with E-state index in [-0.39, 0.29) is 11.9 Å². The van der Waals surface area contributed by atoms with E-state index in [0.717, 1.165) is 10.7 Å². The van der Waals surface area contributed by atoms with Crippen LogP contribution in [0.1, 0.15) is 58.2 Å². The number of rotatable bonds is 6. The summed E-state index contributed by atoms with van der Waals surface area (Å²) in [7, 11) is 0. The molecule has 0 N–H and O–H groups in total. The summed E-state index contributed by atoms with van der Waals surface area (Å²) in [6.07, 6.45) is 3.35. The Kier molecular flexibility index (Phi) is 16.1. The number of thioether (sulfide) groups is 1. The highest BCUT2D eigenvalue weighted by Crippen LogP contribution is 2.35. The van der Waals surface area contributed by atoms with Crippen molar-refractivity contribution in [1.29, 1.82) is 0 Å². The van der Waals surface area contributed by atoms with Crippen LogP contribution in [-0.2, 0) is 4.79 Å². The predicted octanol–water partition coefficient (Wildman–Crippen LogP) is 8.56. The van der Waals surface area contributed by atoms with Gasteiger partial charge >= 0.3 is 0 Å². The molecule has 0 aliphatic carbocycles. The molecule has 2 aromatic carbocycles. The van der Waals surface area contributed by atoms with Crippen LogP contribution < -0.4 is 4.74 Å². The SMILES string of the molecule is C=C(Sc1cnccc1C)c1ccccc1C.CC.CC.CC(=O)C(C)Oc1ccccc1. The second-order valence-electron chi connectivity index (χ2n) is 6.67. The second kappa shape index (κ2) is 17.7. The van der Waals surface area contributed by atoms with Crippen LogP contribution in [0.2, 0.25) is 0 Å². The van der Waals surface area contributed by atoms with E-state index < -0.39 is 0 Å². The first-order chi connectivity index (χ1) is 15.9. The molecule has 0 radical (unpaired) electrons. The zero-order chi connectivity index (χ0) is 25.2. The Bertz CT molecular complexity index is 955. The first-order valence-corrected chi connectivity index (χ1v) is 12.3. The smallest absolute Gasteiger partial charge is 0.169 e. The molecule has 0 spiro atoms. The highest BCUT2D eigenvalue weighted by atomic mass is 32.2. The quantitative estimate of drug-likeness (QED) is 0.342. The van der Waals surface area contributed by atoms with Crippen molar-refractivity contribution in [2.75, 3.05) is 0 Å². The van der Waals surface area contributed by atoms with E-state index >= 15 is 0 Å². The van der Waals surface area contributed by atoms with E-state index in [1.807, 2.05) is 88.6 Å². The molecule has 1 unspecified atom stereocenters.